The summed E-state index contributed by atoms with van der Waals surface area (Å²) in [6.07, 6.45) is 11.1. The largest absolute Gasteiger partial charge is 0.568 e. The van der Waals surface area contributed by atoms with Crippen LogP contribution in [0.5, 0.6) is 0 Å². The Morgan fingerprint density at radius 3 is 2.47 bits per heavy atom. The van der Waals surface area contributed by atoms with Crippen molar-refractivity contribution in [3.63, 3.8) is 0 Å². The molecule has 0 bridgehead atoms. The van der Waals surface area contributed by atoms with Crippen molar-refractivity contribution >= 4 is 8.80 Å². The average molecular weight is 228 g/mol. The van der Waals surface area contributed by atoms with Gasteiger partial charge in [0.15, 0.2) is 0 Å². The maximum absolute atomic E-state index is 5.70. The van der Waals surface area contributed by atoms with E-state index in [1.165, 1.54) is 0 Å². The molecule has 4 heteroatoms. The lowest BCUT2D eigenvalue weighted by Gasteiger charge is -2.33. The minimum Gasteiger partial charge on any atom is -0.508 e. The molecular weight excluding hydrogens is 208 g/mol. The Kier molecular flexibility index (Phi) is 5.08. The Morgan fingerprint density at radius 2 is 2.00 bits per heavy atom. The maximum Gasteiger partial charge on any atom is 0.568 e. The number of hydrogen-bond acceptors (Lipinski definition) is 3. The lowest BCUT2D eigenvalue weighted by atomic mass is 10.1. The quantitative estimate of drug-likeness (QED) is 0.411. The molecule has 1 atom stereocenters. The van der Waals surface area contributed by atoms with E-state index in [0.29, 0.717) is 5.54 Å². The molecule has 1 aliphatic rings. The van der Waals surface area contributed by atoms with Crippen LogP contribution in [-0.4, -0.2) is 23.0 Å². The average Bonchev–Trinajstić information content (AvgIpc) is 2.33. The van der Waals surface area contributed by atoms with Crippen LogP contribution in [0.15, 0.2) is 24.5 Å². The highest BCUT2D eigenvalue weighted by Gasteiger charge is 2.49. The van der Waals surface area contributed by atoms with Crippen LogP contribution in [0.25, 0.3) is 0 Å². The molecule has 0 amide bonds. The highest BCUT2D eigenvalue weighted by atomic mass is 28.4. The molecule has 86 valence electrons. The van der Waals surface area contributed by atoms with Gasteiger partial charge in [0.2, 0.25) is 0 Å². The second-order valence-corrected chi connectivity index (χ2v) is 6.66. The SMILES string of the molecule is CC=CO[Si](OC)(OC)C1CC=CCC1. The van der Waals surface area contributed by atoms with Crippen LogP contribution in [0, 0.1) is 0 Å². The lowest BCUT2D eigenvalue weighted by molar-refractivity contribution is 0.125. The monoisotopic (exact) mass is 228 g/mol. The Hall–Kier alpha value is -0.583. The number of rotatable bonds is 5. The molecule has 0 N–H and O–H groups in total. The molecule has 0 spiro atoms. The van der Waals surface area contributed by atoms with Gasteiger partial charge in [0.1, 0.15) is 0 Å². The molecule has 1 rings (SSSR count). The van der Waals surface area contributed by atoms with Crippen LogP contribution >= 0.6 is 0 Å². The summed E-state index contributed by atoms with van der Waals surface area (Å²) in [7, 11) is 0.855. The topological polar surface area (TPSA) is 27.7 Å². The standard InChI is InChI=1S/C11H20O3Si/c1-4-10-14-15(12-2,13-3)11-8-6-5-7-9-11/h4-6,10-11H,7-9H2,1-3H3. The van der Waals surface area contributed by atoms with E-state index in [1.54, 1.807) is 20.5 Å². The molecule has 0 aromatic carbocycles. The van der Waals surface area contributed by atoms with E-state index >= 15 is 0 Å². The Bertz CT molecular complexity index is 234. The van der Waals surface area contributed by atoms with Crippen LogP contribution in [0.4, 0.5) is 0 Å². The summed E-state index contributed by atoms with van der Waals surface area (Å²) < 4.78 is 16.8. The highest BCUT2D eigenvalue weighted by Crippen LogP contribution is 2.35. The summed E-state index contributed by atoms with van der Waals surface area (Å²) in [5, 5.41) is 0. The Morgan fingerprint density at radius 1 is 1.27 bits per heavy atom. The molecule has 0 heterocycles. The maximum atomic E-state index is 5.70. The van der Waals surface area contributed by atoms with Crippen molar-refractivity contribution in [2.75, 3.05) is 14.2 Å². The van der Waals surface area contributed by atoms with Gasteiger partial charge in [0.25, 0.3) is 0 Å². The van der Waals surface area contributed by atoms with Crippen LogP contribution in [0.3, 0.4) is 0 Å². The highest BCUT2D eigenvalue weighted by molar-refractivity contribution is 6.62. The van der Waals surface area contributed by atoms with Crippen LogP contribution in [0.1, 0.15) is 26.2 Å². The zero-order chi connectivity index (χ0) is 11.1. The van der Waals surface area contributed by atoms with Gasteiger partial charge < -0.3 is 13.3 Å². The first-order valence-corrected chi connectivity index (χ1v) is 7.13. The van der Waals surface area contributed by atoms with Gasteiger partial charge in [-0.3, -0.25) is 0 Å². The lowest BCUT2D eigenvalue weighted by Crippen LogP contribution is -2.47. The molecule has 1 aliphatic carbocycles. The van der Waals surface area contributed by atoms with Gasteiger partial charge >= 0.3 is 8.80 Å². The van der Waals surface area contributed by atoms with E-state index in [-0.39, 0.29) is 0 Å². The fourth-order valence-corrected chi connectivity index (χ4v) is 4.38. The molecule has 3 nitrogen and oxygen atoms in total. The molecule has 1 unspecified atom stereocenters. The van der Waals surface area contributed by atoms with Crippen LogP contribution in [-0.2, 0) is 13.3 Å². The van der Waals surface area contributed by atoms with Crippen LogP contribution in [0.2, 0.25) is 5.54 Å². The van der Waals surface area contributed by atoms with E-state index in [4.69, 9.17) is 13.3 Å². The third-order valence-electron chi connectivity index (χ3n) is 2.71. The first kappa shape index (κ1) is 12.5. The molecule has 0 aromatic rings. The second-order valence-electron chi connectivity index (χ2n) is 3.58. The summed E-state index contributed by atoms with van der Waals surface area (Å²) in [5.41, 5.74) is 0.383. The third kappa shape index (κ3) is 2.93. The smallest absolute Gasteiger partial charge is 0.508 e. The minimum absolute atomic E-state index is 0.383. The van der Waals surface area contributed by atoms with E-state index in [9.17, 15) is 0 Å². The number of allylic oxidation sites excluding steroid dienone is 3. The summed E-state index contributed by atoms with van der Waals surface area (Å²) >= 11 is 0. The van der Waals surface area contributed by atoms with Gasteiger partial charge in [-0.25, -0.2) is 0 Å². The Labute approximate surface area is 93.1 Å². The zero-order valence-corrected chi connectivity index (χ0v) is 10.7. The molecule has 0 saturated carbocycles. The van der Waals surface area contributed by atoms with Crippen molar-refractivity contribution in [2.24, 2.45) is 0 Å². The van der Waals surface area contributed by atoms with Crippen molar-refractivity contribution in [3.8, 4) is 0 Å². The van der Waals surface area contributed by atoms with E-state index in [1.807, 2.05) is 13.0 Å². The van der Waals surface area contributed by atoms with Crippen molar-refractivity contribution in [1.82, 2.24) is 0 Å². The van der Waals surface area contributed by atoms with Gasteiger partial charge in [0.05, 0.1) is 6.26 Å². The summed E-state index contributed by atoms with van der Waals surface area (Å²) in [6, 6.07) is 0. The van der Waals surface area contributed by atoms with Gasteiger partial charge in [-0.2, -0.15) is 0 Å². The first-order chi connectivity index (χ1) is 7.29. The molecule has 0 saturated heterocycles. The van der Waals surface area contributed by atoms with Gasteiger partial charge in [0, 0.05) is 19.8 Å². The summed E-state index contributed by atoms with van der Waals surface area (Å²) in [5.74, 6) is 0. The normalized spacial score (nSPS) is 22.2. The first-order valence-electron chi connectivity index (χ1n) is 5.33. The molecule has 0 fully saturated rings. The molecular formula is C11H20O3Si. The van der Waals surface area contributed by atoms with E-state index in [2.05, 4.69) is 12.2 Å². The van der Waals surface area contributed by atoms with Gasteiger partial charge in [-0.15, -0.1) is 0 Å². The van der Waals surface area contributed by atoms with Crippen molar-refractivity contribution in [2.45, 2.75) is 31.7 Å². The predicted octanol–water partition coefficient (Wildman–Crippen LogP) is 2.88. The predicted molar refractivity (Wildman–Crippen MR) is 62.4 cm³/mol. The Balaban J connectivity index is 2.73. The second kappa shape index (κ2) is 6.10. The molecule has 15 heavy (non-hydrogen) atoms. The fourth-order valence-electron chi connectivity index (χ4n) is 1.89. The summed E-state index contributed by atoms with van der Waals surface area (Å²) in [6.45, 7) is 1.92. The van der Waals surface area contributed by atoms with E-state index < -0.39 is 8.80 Å². The van der Waals surface area contributed by atoms with Crippen molar-refractivity contribution in [3.05, 3.63) is 24.5 Å². The minimum atomic E-state index is -2.50. The third-order valence-corrected chi connectivity index (χ3v) is 5.83. The molecule has 0 aliphatic heterocycles. The zero-order valence-electron chi connectivity index (χ0n) is 9.73. The van der Waals surface area contributed by atoms with Gasteiger partial charge in [-0.05, 0) is 26.2 Å². The van der Waals surface area contributed by atoms with Crippen LogP contribution < -0.4 is 0 Å². The number of hydrogen-bond donors (Lipinski definition) is 0. The summed E-state index contributed by atoms with van der Waals surface area (Å²) in [4.78, 5) is 0. The fraction of sp³-hybridized carbons (Fsp3) is 0.636. The molecule has 0 aromatic heterocycles. The van der Waals surface area contributed by atoms with E-state index in [0.717, 1.165) is 19.3 Å². The van der Waals surface area contributed by atoms with Crippen molar-refractivity contribution < 1.29 is 13.3 Å². The molecule has 0 radical (unpaired) electrons. The van der Waals surface area contributed by atoms with Gasteiger partial charge in [-0.1, -0.05) is 18.2 Å². The van der Waals surface area contributed by atoms with Crippen molar-refractivity contribution in [1.29, 1.82) is 0 Å².